The van der Waals surface area contributed by atoms with Crippen molar-refractivity contribution in [2.24, 2.45) is 0 Å². The number of hydrogen-bond acceptors (Lipinski definition) is 4. The second-order valence-corrected chi connectivity index (χ2v) is 6.49. The van der Waals surface area contributed by atoms with Crippen LogP contribution in [0.2, 0.25) is 0 Å². The fourth-order valence-corrected chi connectivity index (χ4v) is 2.97. The molecular weight excluding hydrogens is 364 g/mol. The number of hydrogen-bond donors (Lipinski definition) is 1. The second-order valence-electron chi connectivity index (χ2n) is 6.49. The van der Waals surface area contributed by atoms with Crippen LogP contribution in [0.25, 0.3) is 16.9 Å². The summed E-state index contributed by atoms with van der Waals surface area (Å²) in [5.41, 5.74) is 4.02. The van der Waals surface area contributed by atoms with E-state index in [1.807, 2.05) is 42.5 Å². The molecule has 2 heterocycles. The molecule has 2 aromatic carbocycles. The second kappa shape index (κ2) is 7.90. The summed E-state index contributed by atoms with van der Waals surface area (Å²) in [6, 6.07) is 21.9. The van der Waals surface area contributed by atoms with Crippen molar-refractivity contribution in [3.63, 3.8) is 0 Å². The van der Waals surface area contributed by atoms with Crippen LogP contribution in [-0.2, 0) is 0 Å². The zero-order valence-corrected chi connectivity index (χ0v) is 15.7. The Hall–Kier alpha value is -4.06. The first kappa shape index (κ1) is 18.3. The van der Waals surface area contributed by atoms with Crippen molar-refractivity contribution in [1.82, 2.24) is 14.8 Å². The Morgan fingerprint density at radius 1 is 0.897 bits per heavy atom. The van der Waals surface area contributed by atoms with Gasteiger partial charge in [-0.1, -0.05) is 18.2 Å². The molecule has 0 saturated carbocycles. The van der Waals surface area contributed by atoms with Crippen molar-refractivity contribution in [2.75, 3.05) is 5.32 Å². The van der Waals surface area contributed by atoms with Crippen molar-refractivity contribution in [3.8, 4) is 16.9 Å². The Morgan fingerprint density at radius 2 is 1.59 bits per heavy atom. The summed E-state index contributed by atoms with van der Waals surface area (Å²) in [5.74, 6) is -0.350. The number of nitrogens with zero attached hydrogens (tertiary/aromatic N) is 3. The molecule has 0 aliphatic heterocycles. The predicted octanol–water partition coefficient (Wildman–Crippen LogP) is 4.39. The number of carbonyl (C=O) groups excluding carboxylic acids is 2. The van der Waals surface area contributed by atoms with Crippen LogP contribution in [0, 0.1) is 0 Å². The van der Waals surface area contributed by atoms with Crippen LogP contribution in [0.15, 0.2) is 85.2 Å². The maximum atomic E-state index is 12.8. The molecular formula is C23H18N4O2. The number of anilines is 1. The molecule has 0 radical (unpaired) electrons. The lowest BCUT2D eigenvalue weighted by atomic mass is 10.1. The Bertz CT molecular complexity index is 1090. The Morgan fingerprint density at radius 3 is 2.24 bits per heavy atom. The molecule has 1 amide bonds. The summed E-state index contributed by atoms with van der Waals surface area (Å²) in [6.07, 6.45) is 3.40. The lowest BCUT2D eigenvalue weighted by molar-refractivity contribution is 0.101. The van der Waals surface area contributed by atoms with E-state index in [1.54, 1.807) is 47.4 Å². The number of carbonyl (C=O) groups is 2. The van der Waals surface area contributed by atoms with E-state index in [2.05, 4.69) is 15.4 Å². The van der Waals surface area contributed by atoms with Gasteiger partial charge in [-0.3, -0.25) is 14.6 Å². The van der Waals surface area contributed by atoms with E-state index >= 15 is 0 Å². The number of aromatic nitrogens is 3. The quantitative estimate of drug-likeness (QED) is 0.519. The molecule has 0 spiro atoms. The average molecular weight is 382 g/mol. The van der Waals surface area contributed by atoms with Gasteiger partial charge in [0, 0.05) is 29.2 Å². The number of pyridine rings is 1. The molecule has 2 aromatic heterocycles. The highest BCUT2D eigenvalue weighted by molar-refractivity contribution is 6.04. The van der Waals surface area contributed by atoms with Gasteiger partial charge >= 0.3 is 0 Å². The highest BCUT2D eigenvalue weighted by atomic mass is 16.2. The first-order valence-electron chi connectivity index (χ1n) is 9.10. The van der Waals surface area contributed by atoms with Gasteiger partial charge in [0.05, 0.1) is 11.4 Å². The van der Waals surface area contributed by atoms with Gasteiger partial charge in [0.15, 0.2) is 11.5 Å². The first-order chi connectivity index (χ1) is 14.1. The summed E-state index contributed by atoms with van der Waals surface area (Å²) < 4.78 is 1.74. The van der Waals surface area contributed by atoms with E-state index in [9.17, 15) is 9.59 Å². The van der Waals surface area contributed by atoms with E-state index in [1.165, 1.54) is 6.92 Å². The van der Waals surface area contributed by atoms with Gasteiger partial charge in [0.1, 0.15) is 0 Å². The van der Waals surface area contributed by atoms with E-state index < -0.39 is 0 Å². The standard InChI is InChI=1S/C23H18N4O2/c1-16(28)17-7-9-19(10-8-17)25-23(29)21-15-22(18-11-13-24-14-12-18)27(26-21)20-5-3-2-4-6-20/h2-15H,1H3,(H,25,29). The number of Topliss-reactive ketones (excluding diaryl/α,β-unsaturated/α-hetero) is 1. The van der Waals surface area contributed by atoms with E-state index in [-0.39, 0.29) is 17.4 Å². The minimum atomic E-state index is -0.328. The van der Waals surface area contributed by atoms with E-state index in [4.69, 9.17) is 0 Å². The number of ketones is 1. The number of para-hydroxylation sites is 1. The molecule has 4 aromatic rings. The molecule has 0 saturated heterocycles. The zero-order valence-electron chi connectivity index (χ0n) is 15.7. The van der Waals surface area contributed by atoms with Gasteiger partial charge in [0.25, 0.3) is 5.91 Å². The van der Waals surface area contributed by atoms with Crippen LogP contribution < -0.4 is 5.32 Å². The third kappa shape index (κ3) is 3.96. The smallest absolute Gasteiger partial charge is 0.276 e. The predicted molar refractivity (Wildman–Crippen MR) is 111 cm³/mol. The van der Waals surface area contributed by atoms with Crippen LogP contribution in [-0.4, -0.2) is 26.5 Å². The van der Waals surface area contributed by atoms with Crippen LogP contribution >= 0.6 is 0 Å². The minimum Gasteiger partial charge on any atom is -0.321 e. The summed E-state index contributed by atoms with van der Waals surface area (Å²) >= 11 is 0. The normalized spacial score (nSPS) is 10.5. The molecule has 0 fully saturated rings. The fourth-order valence-electron chi connectivity index (χ4n) is 2.97. The molecule has 0 unspecified atom stereocenters. The minimum absolute atomic E-state index is 0.0218. The number of nitrogens with one attached hydrogen (secondary N) is 1. The van der Waals surface area contributed by atoms with Crippen molar-refractivity contribution in [2.45, 2.75) is 6.92 Å². The Balaban J connectivity index is 1.68. The van der Waals surface area contributed by atoms with Crippen molar-refractivity contribution < 1.29 is 9.59 Å². The lowest BCUT2D eigenvalue weighted by Gasteiger charge is -2.07. The zero-order chi connectivity index (χ0) is 20.2. The Labute approximate surface area is 167 Å². The SMILES string of the molecule is CC(=O)c1ccc(NC(=O)c2cc(-c3ccncc3)n(-c3ccccc3)n2)cc1. The topological polar surface area (TPSA) is 76.9 Å². The highest BCUT2D eigenvalue weighted by Gasteiger charge is 2.17. The number of amides is 1. The van der Waals surface area contributed by atoms with Crippen molar-refractivity contribution in [1.29, 1.82) is 0 Å². The summed E-state index contributed by atoms with van der Waals surface area (Å²) in [6.45, 7) is 1.50. The Kier molecular flexibility index (Phi) is 4.99. The van der Waals surface area contributed by atoms with Crippen LogP contribution in [0.3, 0.4) is 0 Å². The van der Waals surface area contributed by atoms with E-state index in [0.717, 1.165) is 16.9 Å². The van der Waals surface area contributed by atoms with Gasteiger partial charge in [0.2, 0.25) is 0 Å². The van der Waals surface area contributed by atoms with Gasteiger partial charge in [-0.15, -0.1) is 0 Å². The van der Waals surface area contributed by atoms with Gasteiger partial charge < -0.3 is 5.32 Å². The highest BCUT2D eigenvalue weighted by Crippen LogP contribution is 2.24. The summed E-state index contributed by atoms with van der Waals surface area (Å²) in [7, 11) is 0. The van der Waals surface area contributed by atoms with E-state index in [0.29, 0.717) is 11.3 Å². The first-order valence-corrected chi connectivity index (χ1v) is 9.10. The average Bonchev–Trinajstić information content (AvgIpc) is 3.21. The molecule has 0 bridgehead atoms. The van der Waals surface area contributed by atoms with Gasteiger partial charge in [-0.05, 0) is 61.5 Å². The monoisotopic (exact) mass is 382 g/mol. The summed E-state index contributed by atoms with van der Waals surface area (Å²) in [5, 5.41) is 7.36. The molecule has 0 aliphatic carbocycles. The lowest BCUT2D eigenvalue weighted by Crippen LogP contribution is -2.13. The van der Waals surface area contributed by atoms with Crippen LogP contribution in [0.4, 0.5) is 5.69 Å². The van der Waals surface area contributed by atoms with Crippen LogP contribution in [0.1, 0.15) is 27.8 Å². The van der Waals surface area contributed by atoms with Crippen molar-refractivity contribution in [3.05, 3.63) is 96.4 Å². The number of rotatable bonds is 5. The molecule has 0 atom stereocenters. The molecule has 6 nitrogen and oxygen atoms in total. The van der Waals surface area contributed by atoms with Gasteiger partial charge in [-0.2, -0.15) is 5.10 Å². The van der Waals surface area contributed by atoms with Crippen LogP contribution in [0.5, 0.6) is 0 Å². The largest absolute Gasteiger partial charge is 0.321 e. The summed E-state index contributed by atoms with van der Waals surface area (Å²) in [4.78, 5) is 28.3. The molecule has 1 N–H and O–H groups in total. The third-order valence-corrected chi connectivity index (χ3v) is 4.47. The molecule has 0 aliphatic rings. The molecule has 6 heteroatoms. The number of benzene rings is 2. The fraction of sp³-hybridized carbons (Fsp3) is 0.0435. The van der Waals surface area contributed by atoms with Gasteiger partial charge in [-0.25, -0.2) is 4.68 Å². The maximum absolute atomic E-state index is 12.8. The maximum Gasteiger partial charge on any atom is 0.276 e. The van der Waals surface area contributed by atoms with Crippen molar-refractivity contribution >= 4 is 17.4 Å². The molecule has 4 rings (SSSR count). The molecule has 142 valence electrons. The molecule has 29 heavy (non-hydrogen) atoms. The third-order valence-electron chi connectivity index (χ3n) is 4.47.